The number of hydrogen-bond acceptors (Lipinski definition) is 6. The summed E-state index contributed by atoms with van der Waals surface area (Å²) in [4.78, 5) is 24.7. The molecule has 2 aliphatic carbocycles. The Hall–Kier alpha value is -1.14. The monoisotopic (exact) mass is 338 g/mol. The second kappa shape index (κ2) is 5.99. The highest BCUT2D eigenvalue weighted by atomic mass is 16.6. The van der Waals surface area contributed by atoms with E-state index >= 15 is 0 Å². The maximum absolute atomic E-state index is 12.6. The molecule has 4 rings (SSSR count). The van der Waals surface area contributed by atoms with Crippen molar-refractivity contribution in [1.29, 1.82) is 0 Å². The van der Waals surface area contributed by atoms with Gasteiger partial charge in [0, 0.05) is 0 Å². The van der Waals surface area contributed by atoms with E-state index in [0.717, 1.165) is 19.3 Å². The summed E-state index contributed by atoms with van der Waals surface area (Å²) in [5.41, 5.74) is 0.0806. The molecule has 134 valence electrons. The summed E-state index contributed by atoms with van der Waals surface area (Å²) in [6.45, 7) is 4.68. The van der Waals surface area contributed by atoms with E-state index in [0.29, 0.717) is 38.1 Å². The molecule has 2 aliphatic heterocycles. The minimum Gasteiger partial charge on any atom is -0.466 e. The Morgan fingerprint density at radius 3 is 2.38 bits per heavy atom. The van der Waals surface area contributed by atoms with Gasteiger partial charge in [0.05, 0.1) is 49.0 Å². The quantitative estimate of drug-likeness (QED) is 0.562. The number of esters is 2. The fourth-order valence-electron chi connectivity index (χ4n) is 4.37. The van der Waals surface area contributed by atoms with E-state index < -0.39 is 11.8 Å². The predicted octanol–water partition coefficient (Wildman–Crippen LogP) is 1.84. The number of carbonyl (C=O) groups excluding carboxylic acids is 2. The molecule has 7 unspecified atom stereocenters. The molecule has 0 aromatic carbocycles. The van der Waals surface area contributed by atoms with Crippen LogP contribution in [0.5, 0.6) is 0 Å². The Kier molecular flexibility index (Phi) is 4.07. The van der Waals surface area contributed by atoms with Gasteiger partial charge < -0.3 is 18.9 Å². The summed E-state index contributed by atoms with van der Waals surface area (Å²) < 4.78 is 21.9. The van der Waals surface area contributed by atoms with E-state index in [4.69, 9.17) is 18.9 Å². The number of epoxide rings is 2. The van der Waals surface area contributed by atoms with Crippen LogP contribution in [0.3, 0.4) is 0 Å². The summed E-state index contributed by atoms with van der Waals surface area (Å²) in [6, 6.07) is 0. The first-order valence-corrected chi connectivity index (χ1v) is 9.16. The van der Waals surface area contributed by atoms with Crippen LogP contribution in [0.15, 0.2) is 0 Å². The first-order valence-electron chi connectivity index (χ1n) is 9.16. The van der Waals surface area contributed by atoms with Crippen molar-refractivity contribution in [3.8, 4) is 0 Å². The lowest BCUT2D eigenvalue weighted by molar-refractivity contribution is -0.163. The molecule has 0 aromatic rings. The zero-order valence-corrected chi connectivity index (χ0v) is 14.4. The number of rotatable bonds is 5. The SMILES string of the molecule is CCOC(=O)C1CC2OC2CC1C(=O)OCC1CCC2(C)OC2C1. The molecule has 4 aliphatic rings. The van der Waals surface area contributed by atoms with Gasteiger partial charge in [0.1, 0.15) is 0 Å². The summed E-state index contributed by atoms with van der Waals surface area (Å²) in [5, 5.41) is 0. The lowest BCUT2D eigenvalue weighted by atomic mass is 9.79. The van der Waals surface area contributed by atoms with Crippen molar-refractivity contribution in [2.45, 2.75) is 69.9 Å². The van der Waals surface area contributed by atoms with Gasteiger partial charge in [-0.25, -0.2) is 0 Å². The normalized spacial score (nSPS) is 45.6. The van der Waals surface area contributed by atoms with Crippen LogP contribution in [0, 0.1) is 17.8 Å². The summed E-state index contributed by atoms with van der Waals surface area (Å²) in [7, 11) is 0. The van der Waals surface area contributed by atoms with E-state index in [-0.39, 0.29) is 29.7 Å². The molecule has 2 saturated carbocycles. The molecule has 0 spiro atoms. The molecule has 0 radical (unpaired) electrons. The second-order valence-corrected chi connectivity index (χ2v) is 7.84. The molecule has 0 aromatic heterocycles. The number of carbonyl (C=O) groups is 2. The Morgan fingerprint density at radius 1 is 1.08 bits per heavy atom. The summed E-state index contributed by atoms with van der Waals surface area (Å²) >= 11 is 0. The van der Waals surface area contributed by atoms with Gasteiger partial charge in [-0.15, -0.1) is 0 Å². The van der Waals surface area contributed by atoms with Gasteiger partial charge in [0.15, 0.2) is 0 Å². The van der Waals surface area contributed by atoms with Crippen LogP contribution in [-0.2, 0) is 28.5 Å². The highest BCUT2D eigenvalue weighted by Gasteiger charge is 2.56. The molecule has 6 nitrogen and oxygen atoms in total. The maximum atomic E-state index is 12.6. The zero-order valence-electron chi connectivity index (χ0n) is 14.4. The van der Waals surface area contributed by atoms with Crippen molar-refractivity contribution in [2.24, 2.45) is 17.8 Å². The van der Waals surface area contributed by atoms with Gasteiger partial charge in [-0.3, -0.25) is 9.59 Å². The van der Waals surface area contributed by atoms with E-state index in [2.05, 4.69) is 6.92 Å². The first kappa shape index (κ1) is 16.3. The molecule has 7 atom stereocenters. The average Bonchev–Trinajstić information content (AvgIpc) is 3.45. The molecule has 2 heterocycles. The number of hydrogen-bond donors (Lipinski definition) is 0. The van der Waals surface area contributed by atoms with E-state index in [1.807, 2.05) is 0 Å². The smallest absolute Gasteiger partial charge is 0.309 e. The van der Waals surface area contributed by atoms with Crippen molar-refractivity contribution >= 4 is 11.9 Å². The van der Waals surface area contributed by atoms with Crippen molar-refractivity contribution in [1.82, 2.24) is 0 Å². The van der Waals surface area contributed by atoms with Crippen LogP contribution in [0.4, 0.5) is 0 Å². The standard InChI is InChI=1S/C18H26O6/c1-3-21-16(19)11-7-13-14(23-13)8-12(11)17(20)22-9-10-4-5-18(2)15(6-10)24-18/h10-15H,3-9H2,1-2H3. The van der Waals surface area contributed by atoms with E-state index in [1.54, 1.807) is 6.92 Å². The molecule has 24 heavy (non-hydrogen) atoms. The van der Waals surface area contributed by atoms with Crippen molar-refractivity contribution in [2.75, 3.05) is 13.2 Å². The van der Waals surface area contributed by atoms with Gasteiger partial charge in [0.25, 0.3) is 0 Å². The minimum atomic E-state index is -0.432. The Labute approximate surface area is 142 Å². The molecule has 0 amide bonds. The summed E-state index contributed by atoms with van der Waals surface area (Å²) in [5.74, 6) is -1.06. The molecule has 2 saturated heterocycles. The van der Waals surface area contributed by atoms with Gasteiger partial charge in [-0.1, -0.05) is 0 Å². The largest absolute Gasteiger partial charge is 0.466 e. The molecule has 4 fully saturated rings. The summed E-state index contributed by atoms with van der Waals surface area (Å²) in [6.07, 6.45) is 4.73. The zero-order chi connectivity index (χ0) is 16.9. The van der Waals surface area contributed by atoms with Gasteiger partial charge in [0.2, 0.25) is 0 Å². The third-order valence-corrected chi connectivity index (χ3v) is 6.13. The number of fused-ring (bicyclic) bond motifs is 2. The molecular weight excluding hydrogens is 312 g/mol. The Balaban J connectivity index is 1.31. The average molecular weight is 338 g/mol. The fraction of sp³-hybridized carbons (Fsp3) is 0.889. The molecule has 6 heteroatoms. The second-order valence-electron chi connectivity index (χ2n) is 7.84. The first-order chi connectivity index (χ1) is 11.5. The van der Waals surface area contributed by atoms with E-state index in [9.17, 15) is 9.59 Å². The van der Waals surface area contributed by atoms with Crippen LogP contribution in [0.2, 0.25) is 0 Å². The van der Waals surface area contributed by atoms with Gasteiger partial charge in [-0.05, 0) is 51.9 Å². The predicted molar refractivity (Wildman–Crippen MR) is 83.1 cm³/mol. The molecule has 0 bridgehead atoms. The lowest BCUT2D eigenvalue weighted by Crippen LogP contribution is -2.38. The Morgan fingerprint density at radius 2 is 1.75 bits per heavy atom. The third-order valence-electron chi connectivity index (χ3n) is 6.13. The lowest BCUT2D eigenvalue weighted by Gasteiger charge is -2.27. The highest BCUT2D eigenvalue weighted by Crippen LogP contribution is 2.49. The molecular formula is C18H26O6. The Bertz CT molecular complexity index is 534. The van der Waals surface area contributed by atoms with Gasteiger partial charge in [-0.2, -0.15) is 0 Å². The van der Waals surface area contributed by atoms with Gasteiger partial charge >= 0.3 is 11.9 Å². The number of ether oxygens (including phenoxy) is 4. The third kappa shape index (κ3) is 3.06. The molecule has 0 N–H and O–H groups in total. The van der Waals surface area contributed by atoms with Crippen LogP contribution >= 0.6 is 0 Å². The van der Waals surface area contributed by atoms with Crippen LogP contribution < -0.4 is 0 Å². The van der Waals surface area contributed by atoms with Crippen molar-refractivity contribution in [3.63, 3.8) is 0 Å². The maximum Gasteiger partial charge on any atom is 0.309 e. The minimum absolute atomic E-state index is 0.0806. The van der Waals surface area contributed by atoms with E-state index in [1.165, 1.54) is 0 Å². The fourth-order valence-corrected chi connectivity index (χ4v) is 4.37. The van der Waals surface area contributed by atoms with Crippen molar-refractivity contribution in [3.05, 3.63) is 0 Å². The van der Waals surface area contributed by atoms with Crippen LogP contribution in [0.25, 0.3) is 0 Å². The van der Waals surface area contributed by atoms with Crippen molar-refractivity contribution < 1.29 is 28.5 Å². The topological polar surface area (TPSA) is 77.7 Å². The van der Waals surface area contributed by atoms with Crippen LogP contribution in [0.1, 0.15) is 46.0 Å². The van der Waals surface area contributed by atoms with Crippen LogP contribution in [-0.4, -0.2) is 49.1 Å². The highest BCUT2D eigenvalue weighted by molar-refractivity contribution is 5.82.